The number of fused-ring (bicyclic) bond motifs is 2. The van der Waals surface area contributed by atoms with Gasteiger partial charge in [-0.05, 0) is 35.4 Å². The first-order valence-electron chi connectivity index (χ1n) is 15.9. The van der Waals surface area contributed by atoms with Crippen LogP contribution in [-0.4, -0.2) is 99.9 Å². The number of aliphatic hydroxyl groups excluding tert-OH is 4. The zero-order valence-corrected chi connectivity index (χ0v) is 26.7. The van der Waals surface area contributed by atoms with Crippen LogP contribution in [0, 0.1) is 0 Å². The van der Waals surface area contributed by atoms with Crippen molar-refractivity contribution in [3.8, 4) is 51.7 Å². The lowest BCUT2D eigenvalue weighted by molar-refractivity contribution is -0.277. The topological polar surface area (TPSA) is 273 Å². The quantitative estimate of drug-likeness (QED) is 0.127. The lowest BCUT2D eigenvalue weighted by Gasteiger charge is -2.41. The zero-order chi connectivity index (χ0) is 37.2. The number of Topliss-reactive ketones (excluding diaryl/α,β-unsaturated/α-hetero) is 2. The highest BCUT2D eigenvalue weighted by atomic mass is 16.7. The summed E-state index contributed by atoms with van der Waals surface area (Å²) < 4.78 is 24.2. The normalized spacial score (nSPS) is 26.8. The Morgan fingerprint density at radius 2 is 1.38 bits per heavy atom. The molecule has 3 aliphatic rings. The molecule has 1 fully saturated rings. The van der Waals surface area contributed by atoms with Crippen LogP contribution in [0.15, 0.2) is 60.7 Å². The molecule has 16 nitrogen and oxygen atoms in total. The molecular weight excluding hydrogens is 688 g/mol. The molecule has 10 N–H and O–H groups in total. The summed E-state index contributed by atoms with van der Waals surface area (Å²) in [5.41, 5.74) is -0.604. The second-order valence-corrected chi connectivity index (χ2v) is 12.6. The Kier molecular flexibility index (Phi) is 8.72. The molecule has 0 bridgehead atoms. The van der Waals surface area contributed by atoms with E-state index in [1.54, 1.807) is 0 Å². The summed E-state index contributed by atoms with van der Waals surface area (Å²) in [4.78, 5) is 28.5. The molecule has 0 radical (unpaired) electrons. The molecule has 7 rings (SSSR count). The SMILES string of the molecule is O=C1C[C@@H](c2ccc(O)c(O)c2)Oc2c1c(O)cc(O[C@@H]1O[C@@H](CO)[C@@H](O)[C@H](O)[C@H]1O)c2[C@H]1C(=O)c2c(O)cc(O)cc2O[C@@H]1c1ccc(O)cc1. The van der Waals surface area contributed by atoms with Gasteiger partial charge in [0, 0.05) is 18.2 Å². The summed E-state index contributed by atoms with van der Waals surface area (Å²) in [7, 11) is 0. The minimum atomic E-state index is -1.96. The highest BCUT2D eigenvalue weighted by molar-refractivity contribution is 6.09. The maximum atomic E-state index is 14.7. The van der Waals surface area contributed by atoms with E-state index in [0.29, 0.717) is 0 Å². The molecular formula is C36H32O16. The second kappa shape index (κ2) is 13.1. The van der Waals surface area contributed by atoms with Crippen molar-refractivity contribution in [2.75, 3.05) is 6.61 Å². The number of benzene rings is 4. The van der Waals surface area contributed by atoms with Gasteiger partial charge >= 0.3 is 0 Å². The Labute approximate surface area is 293 Å². The molecule has 4 aromatic rings. The Hall–Kier alpha value is -5.78. The summed E-state index contributed by atoms with van der Waals surface area (Å²) >= 11 is 0. The van der Waals surface area contributed by atoms with Crippen LogP contribution in [0.3, 0.4) is 0 Å². The van der Waals surface area contributed by atoms with E-state index in [-0.39, 0.29) is 40.2 Å². The summed E-state index contributed by atoms with van der Waals surface area (Å²) in [5.74, 6) is -7.21. The summed E-state index contributed by atoms with van der Waals surface area (Å²) in [6, 6.07) is 12.1. The first-order chi connectivity index (χ1) is 24.8. The van der Waals surface area contributed by atoms with E-state index in [9.17, 15) is 60.7 Å². The first-order valence-corrected chi connectivity index (χ1v) is 15.9. The molecule has 3 aliphatic heterocycles. The van der Waals surface area contributed by atoms with Crippen LogP contribution in [0.1, 0.15) is 62.0 Å². The lowest BCUT2D eigenvalue weighted by Crippen LogP contribution is -2.60. The average molecular weight is 721 g/mol. The van der Waals surface area contributed by atoms with Gasteiger partial charge in [0.1, 0.15) is 88.0 Å². The zero-order valence-electron chi connectivity index (χ0n) is 26.7. The van der Waals surface area contributed by atoms with Crippen LogP contribution in [0.2, 0.25) is 0 Å². The smallest absolute Gasteiger partial charge is 0.229 e. The molecule has 52 heavy (non-hydrogen) atoms. The first kappa shape index (κ1) is 34.7. The molecule has 0 unspecified atom stereocenters. The fourth-order valence-corrected chi connectivity index (χ4v) is 6.72. The van der Waals surface area contributed by atoms with Crippen molar-refractivity contribution >= 4 is 11.6 Å². The lowest BCUT2D eigenvalue weighted by atomic mass is 9.78. The molecule has 8 atom stereocenters. The largest absolute Gasteiger partial charge is 0.508 e. The fourth-order valence-electron chi connectivity index (χ4n) is 6.72. The average Bonchev–Trinajstić information content (AvgIpc) is 3.10. The molecule has 16 heteroatoms. The molecule has 1 saturated heterocycles. The van der Waals surface area contributed by atoms with Gasteiger partial charge in [0.2, 0.25) is 6.29 Å². The molecule has 4 aromatic carbocycles. The third kappa shape index (κ3) is 5.81. The minimum absolute atomic E-state index is 0.138. The van der Waals surface area contributed by atoms with Crippen molar-refractivity contribution in [2.24, 2.45) is 0 Å². The van der Waals surface area contributed by atoms with Gasteiger partial charge in [-0.25, -0.2) is 0 Å². The summed E-state index contributed by atoms with van der Waals surface area (Å²) in [6.07, 6.45) is -11.8. The standard InChI is InChI=1S/C36H32O16/c37-12-25-30(45)32(47)33(48)36(52-25)51-24-11-21(44)26-20(43)10-22(14-3-6-17(40)18(41)7-14)49-35(26)28(24)29-31(46)27-19(42)8-16(39)9-23(27)50-34(29)13-1-4-15(38)5-2-13/h1-9,11,22,25,29-30,32-34,36-42,44-45,47-48H,10,12H2/t22-,25-,29-,30+,32-,33+,34+,36+/m0/s1. The number of hydrogen-bond acceptors (Lipinski definition) is 16. The Balaban J connectivity index is 1.47. The Morgan fingerprint density at radius 1 is 0.692 bits per heavy atom. The summed E-state index contributed by atoms with van der Waals surface area (Å²) in [6.45, 7) is -0.813. The van der Waals surface area contributed by atoms with Gasteiger partial charge < -0.3 is 70.0 Å². The van der Waals surface area contributed by atoms with E-state index < -0.39 is 113 Å². The monoisotopic (exact) mass is 720 g/mol. The Morgan fingerprint density at radius 3 is 2.08 bits per heavy atom. The van der Waals surface area contributed by atoms with E-state index in [1.807, 2.05) is 0 Å². The number of aliphatic hydroxyl groups is 4. The van der Waals surface area contributed by atoms with Crippen LogP contribution < -0.4 is 14.2 Å². The van der Waals surface area contributed by atoms with Crippen molar-refractivity contribution < 1.29 is 79.6 Å². The highest BCUT2D eigenvalue weighted by Crippen LogP contribution is 2.56. The molecule has 0 spiro atoms. The number of hydrogen-bond donors (Lipinski definition) is 10. The number of aromatic hydroxyl groups is 6. The molecule has 0 aromatic heterocycles. The van der Waals surface area contributed by atoms with Crippen molar-refractivity contribution in [3.05, 3.63) is 88.5 Å². The van der Waals surface area contributed by atoms with Gasteiger partial charge in [0.25, 0.3) is 0 Å². The van der Waals surface area contributed by atoms with Crippen LogP contribution in [0.4, 0.5) is 0 Å². The number of phenolic OH excluding ortho intramolecular Hbond substituents is 6. The summed E-state index contributed by atoms with van der Waals surface area (Å²) in [5, 5.41) is 104. The van der Waals surface area contributed by atoms with Gasteiger partial charge in [-0.3, -0.25) is 9.59 Å². The number of ketones is 2. The van der Waals surface area contributed by atoms with E-state index in [1.165, 1.54) is 36.4 Å². The third-order valence-corrected chi connectivity index (χ3v) is 9.32. The predicted octanol–water partition coefficient (Wildman–Crippen LogP) is 1.91. The maximum Gasteiger partial charge on any atom is 0.229 e. The molecule has 0 saturated carbocycles. The van der Waals surface area contributed by atoms with Crippen molar-refractivity contribution in [1.29, 1.82) is 0 Å². The maximum absolute atomic E-state index is 14.7. The van der Waals surface area contributed by atoms with E-state index in [0.717, 1.165) is 24.3 Å². The van der Waals surface area contributed by atoms with Gasteiger partial charge in [-0.15, -0.1) is 0 Å². The van der Waals surface area contributed by atoms with E-state index in [2.05, 4.69) is 0 Å². The van der Waals surface area contributed by atoms with E-state index >= 15 is 0 Å². The highest BCUT2D eigenvalue weighted by Gasteiger charge is 2.49. The molecule has 0 amide bonds. The number of ether oxygens (including phenoxy) is 4. The van der Waals surface area contributed by atoms with Crippen LogP contribution in [-0.2, 0) is 4.74 Å². The van der Waals surface area contributed by atoms with E-state index in [4.69, 9.17) is 18.9 Å². The number of rotatable bonds is 6. The van der Waals surface area contributed by atoms with Gasteiger partial charge in [0.05, 0.1) is 24.5 Å². The van der Waals surface area contributed by atoms with Crippen molar-refractivity contribution in [1.82, 2.24) is 0 Å². The van der Waals surface area contributed by atoms with Crippen molar-refractivity contribution in [3.63, 3.8) is 0 Å². The molecule has 0 aliphatic carbocycles. The fraction of sp³-hybridized carbons (Fsp3) is 0.278. The van der Waals surface area contributed by atoms with Crippen LogP contribution in [0.25, 0.3) is 0 Å². The van der Waals surface area contributed by atoms with Gasteiger partial charge in [-0.2, -0.15) is 0 Å². The number of carbonyl (C=O) groups excluding carboxylic acids is 2. The number of carbonyl (C=O) groups is 2. The number of phenols is 6. The molecule has 3 heterocycles. The van der Waals surface area contributed by atoms with Gasteiger partial charge in [-0.1, -0.05) is 18.2 Å². The van der Waals surface area contributed by atoms with Crippen LogP contribution >= 0.6 is 0 Å². The predicted molar refractivity (Wildman–Crippen MR) is 173 cm³/mol. The van der Waals surface area contributed by atoms with Crippen molar-refractivity contribution in [2.45, 2.75) is 55.3 Å². The van der Waals surface area contributed by atoms with Gasteiger partial charge in [0.15, 0.2) is 23.1 Å². The minimum Gasteiger partial charge on any atom is -0.508 e. The van der Waals surface area contributed by atoms with Crippen LogP contribution in [0.5, 0.6) is 51.7 Å². The second-order valence-electron chi connectivity index (χ2n) is 12.6. The Bertz CT molecular complexity index is 2060. The molecule has 272 valence electrons. The third-order valence-electron chi connectivity index (χ3n) is 9.32.